The number of hydrogen-bond acceptors (Lipinski definition) is 2. The van der Waals surface area contributed by atoms with E-state index in [1.54, 1.807) is 0 Å². The van der Waals surface area contributed by atoms with Crippen molar-refractivity contribution in [2.24, 2.45) is 0 Å². The number of aromatic nitrogens is 2. The first-order valence-corrected chi connectivity index (χ1v) is 6.47. The second-order valence-electron chi connectivity index (χ2n) is 4.46. The number of rotatable bonds is 8. The second-order valence-corrected chi connectivity index (χ2v) is 4.46. The van der Waals surface area contributed by atoms with Gasteiger partial charge in [0.25, 0.3) is 0 Å². The molecule has 0 amide bonds. The fourth-order valence-corrected chi connectivity index (χ4v) is 1.77. The van der Waals surface area contributed by atoms with E-state index in [4.69, 9.17) is 0 Å². The third-order valence-corrected chi connectivity index (χ3v) is 3.08. The van der Waals surface area contributed by atoms with Gasteiger partial charge in [-0.25, -0.2) is 0 Å². The van der Waals surface area contributed by atoms with Crippen LogP contribution in [0.15, 0.2) is 12.4 Å². The fraction of sp³-hybridized carbons (Fsp3) is 0.769. The molecule has 92 valence electrons. The molecule has 1 unspecified atom stereocenters. The number of aryl methyl sites for hydroxylation is 1. The Morgan fingerprint density at radius 2 is 2.06 bits per heavy atom. The Bertz CT molecular complexity index is 280. The average Bonchev–Trinajstić information content (AvgIpc) is 2.76. The van der Waals surface area contributed by atoms with Crippen molar-refractivity contribution in [3.05, 3.63) is 18.0 Å². The molecule has 3 heteroatoms. The van der Waals surface area contributed by atoms with Crippen LogP contribution in [0.2, 0.25) is 0 Å². The Labute approximate surface area is 99.2 Å². The Morgan fingerprint density at radius 3 is 2.75 bits per heavy atom. The zero-order valence-corrected chi connectivity index (χ0v) is 10.9. The molecule has 1 aromatic heterocycles. The van der Waals surface area contributed by atoms with E-state index in [2.05, 4.69) is 35.1 Å². The van der Waals surface area contributed by atoms with E-state index < -0.39 is 0 Å². The van der Waals surface area contributed by atoms with Crippen molar-refractivity contribution in [3.8, 4) is 0 Å². The summed E-state index contributed by atoms with van der Waals surface area (Å²) in [5, 5.41) is 7.60. The summed E-state index contributed by atoms with van der Waals surface area (Å²) in [5.41, 5.74) is 1.27. The van der Waals surface area contributed by atoms with Gasteiger partial charge in [-0.1, -0.05) is 32.6 Å². The van der Waals surface area contributed by atoms with E-state index in [0.29, 0.717) is 6.04 Å². The smallest absolute Gasteiger partial charge is 0.0537 e. The molecule has 1 rings (SSSR count). The highest BCUT2D eigenvalue weighted by Gasteiger charge is 2.04. The van der Waals surface area contributed by atoms with Crippen molar-refractivity contribution in [2.45, 2.75) is 58.5 Å². The number of nitrogens with one attached hydrogen (secondary N) is 1. The van der Waals surface area contributed by atoms with Crippen LogP contribution in [0.3, 0.4) is 0 Å². The predicted octanol–water partition coefficient (Wildman–Crippen LogP) is 3.13. The lowest BCUT2D eigenvalue weighted by Crippen LogP contribution is -2.11. The molecule has 1 atom stereocenters. The molecule has 0 saturated carbocycles. The van der Waals surface area contributed by atoms with E-state index in [1.807, 2.05) is 13.2 Å². The van der Waals surface area contributed by atoms with Gasteiger partial charge < -0.3 is 5.32 Å². The topological polar surface area (TPSA) is 29.9 Å². The molecule has 0 aromatic carbocycles. The molecule has 1 aromatic rings. The van der Waals surface area contributed by atoms with Crippen LogP contribution >= 0.6 is 0 Å². The normalized spacial score (nSPS) is 12.9. The summed E-state index contributed by atoms with van der Waals surface area (Å²) in [6.45, 7) is 5.46. The molecule has 3 nitrogen and oxygen atoms in total. The Kier molecular flexibility index (Phi) is 6.16. The molecular formula is C13H25N3. The molecule has 0 aliphatic heterocycles. The van der Waals surface area contributed by atoms with Crippen LogP contribution in [0, 0.1) is 0 Å². The zero-order chi connectivity index (χ0) is 11.8. The number of unbranched alkanes of at least 4 members (excludes halogenated alkanes) is 4. The first-order chi connectivity index (χ1) is 7.77. The summed E-state index contributed by atoms with van der Waals surface area (Å²) in [4.78, 5) is 0. The van der Waals surface area contributed by atoms with Gasteiger partial charge in [-0.2, -0.15) is 5.10 Å². The van der Waals surface area contributed by atoms with Crippen LogP contribution in [-0.2, 0) is 6.54 Å². The Balaban J connectivity index is 2.24. The first-order valence-electron chi connectivity index (χ1n) is 6.47. The standard InChI is InChI=1S/C13H25N3/c1-4-5-6-7-8-9-16-11-13(10-15-16)12(2)14-3/h10-12,14H,4-9H2,1-3H3. The van der Waals surface area contributed by atoms with Gasteiger partial charge in [-0.15, -0.1) is 0 Å². The average molecular weight is 223 g/mol. The van der Waals surface area contributed by atoms with Crippen LogP contribution in [0.5, 0.6) is 0 Å². The van der Waals surface area contributed by atoms with Crippen molar-refractivity contribution in [2.75, 3.05) is 7.05 Å². The molecule has 0 aliphatic rings. The highest BCUT2D eigenvalue weighted by atomic mass is 15.3. The van der Waals surface area contributed by atoms with Gasteiger partial charge in [0.1, 0.15) is 0 Å². The summed E-state index contributed by atoms with van der Waals surface area (Å²) in [6, 6.07) is 0.397. The minimum Gasteiger partial charge on any atom is -0.313 e. The molecule has 0 fully saturated rings. The van der Waals surface area contributed by atoms with Crippen LogP contribution in [-0.4, -0.2) is 16.8 Å². The van der Waals surface area contributed by atoms with Crippen LogP contribution in [0.25, 0.3) is 0 Å². The van der Waals surface area contributed by atoms with Gasteiger partial charge in [0.2, 0.25) is 0 Å². The molecule has 0 bridgehead atoms. The molecule has 16 heavy (non-hydrogen) atoms. The highest BCUT2D eigenvalue weighted by Crippen LogP contribution is 2.10. The quantitative estimate of drug-likeness (QED) is 0.686. The van der Waals surface area contributed by atoms with Crippen molar-refractivity contribution < 1.29 is 0 Å². The Morgan fingerprint density at radius 1 is 1.31 bits per heavy atom. The molecule has 1 N–H and O–H groups in total. The largest absolute Gasteiger partial charge is 0.313 e. The van der Waals surface area contributed by atoms with Crippen LogP contribution < -0.4 is 5.32 Å². The van der Waals surface area contributed by atoms with Crippen molar-refractivity contribution in [3.63, 3.8) is 0 Å². The lowest BCUT2D eigenvalue weighted by atomic mass is 10.1. The highest BCUT2D eigenvalue weighted by molar-refractivity contribution is 5.08. The number of hydrogen-bond donors (Lipinski definition) is 1. The van der Waals surface area contributed by atoms with E-state index >= 15 is 0 Å². The molecule has 0 saturated heterocycles. The minimum atomic E-state index is 0.397. The van der Waals surface area contributed by atoms with Gasteiger partial charge >= 0.3 is 0 Å². The van der Waals surface area contributed by atoms with E-state index in [0.717, 1.165) is 6.54 Å². The van der Waals surface area contributed by atoms with Crippen molar-refractivity contribution in [1.82, 2.24) is 15.1 Å². The Hall–Kier alpha value is -0.830. The summed E-state index contributed by atoms with van der Waals surface area (Å²) < 4.78 is 2.06. The second kappa shape index (κ2) is 7.44. The molecular weight excluding hydrogens is 198 g/mol. The summed E-state index contributed by atoms with van der Waals surface area (Å²) in [7, 11) is 1.98. The van der Waals surface area contributed by atoms with Gasteiger partial charge in [0, 0.05) is 24.3 Å². The summed E-state index contributed by atoms with van der Waals surface area (Å²) in [5.74, 6) is 0. The third-order valence-electron chi connectivity index (χ3n) is 3.08. The maximum Gasteiger partial charge on any atom is 0.0537 e. The molecule has 1 heterocycles. The van der Waals surface area contributed by atoms with Crippen LogP contribution in [0.1, 0.15) is 57.6 Å². The lowest BCUT2D eigenvalue weighted by Gasteiger charge is -2.05. The summed E-state index contributed by atoms with van der Waals surface area (Å²) in [6.07, 6.45) is 10.7. The first kappa shape index (κ1) is 13.2. The van der Waals surface area contributed by atoms with Crippen LogP contribution in [0.4, 0.5) is 0 Å². The maximum atomic E-state index is 4.38. The van der Waals surface area contributed by atoms with Gasteiger partial charge in [-0.3, -0.25) is 4.68 Å². The minimum absolute atomic E-state index is 0.397. The SMILES string of the molecule is CCCCCCCn1cc(C(C)NC)cn1. The third kappa shape index (κ3) is 4.35. The van der Waals surface area contributed by atoms with E-state index in [1.165, 1.54) is 37.7 Å². The molecule has 0 spiro atoms. The maximum absolute atomic E-state index is 4.38. The van der Waals surface area contributed by atoms with Crippen molar-refractivity contribution in [1.29, 1.82) is 0 Å². The summed E-state index contributed by atoms with van der Waals surface area (Å²) >= 11 is 0. The van der Waals surface area contributed by atoms with E-state index in [-0.39, 0.29) is 0 Å². The fourth-order valence-electron chi connectivity index (χ4n) is 1.77. The lowest BCUT2D eigenvalue weighted by molar-refractivity contribution is 0.532. The van der Waals surface area contributed by atoms with E-state index in [9.17, 15) is 0 Å². The predicted molar refractivity (Wildman–Crippen MR) is 68.5 cm³/mol. The van der Waals surface area contributed by atoms with Gasteiger partial charge in [-0.05, 0) is 20.4 Å². The molecule has 0 aliphatic carbocycles. The molecule has 0 radical (unpaired) electrons. The monoisotopic (exact) mass is 223 g/mol. The zero-order valence-electron chi connectivity index (χ0n) is 10.9. The van der Waals surface area contributed by atoms with Crippen molar-refractivity contribution >= 4 is 0 Å². The van der Waals surface area contributed by atoms with Gasteiger partial charge in [0.15, 0.2) is 0 Å². The van der Waals surface area contributed by atoms with Gasteiger partial charge in [0.05, 0.1) is 6.20 Å². The number of nitrogens with zero attached hydrogens (tertiary/aromatic N) is 2.